The lowest BCUT2D eigenvalue weighted by atomic mass is 10.2. The van der Waals surface area contributed by atoms with Gasteiger partial charge in [0.05, 0.1) is 12.1 Å². The van der Waals surface area contributed by atoms with Crippen LogP contribution in [0, 0.1) is 0 Å². The Kier molecular flexibility index (Phi) is 4.43. The average molecular weight is 288 g/mol. The lowest BCUT2D eigenvalue weighted by Gasteiger charge is -2.27. The Morgan fingerprint density at radius 3 is 2.75 bits per heavy atom. The second-order valence-electron chi connectivity index (χ2n) is 4.41. The predicted molar refractivity (Wildman–Crippen MR) is 67.2 cm³/mol. The van der Waals surface area contributed by atoms with Gasteiger partial charge in [0, 0.05) is 32.4 Å². The molecule has 1 saturated heterocycles. The second kappa shape index (κ2) is 6.08. The molecule has 1 aromatic heterocycles. The van der Waals surface area contributed by atoms with Crippen LogP contribution >= 0.6 is 0 Å². The highest BCUT2D eigenvalue weighted by molar-refractivity contribution is 5.80. The molecule has 0 bridgehead atoms. The van der Waals surface area contributed by atoms with Gasteiger partial charge in [0.25, 0.3) is 0 Å². The van der Waals surface area contributed by atoms with E-state index in [-0.39, 0.29) is 18.3 Å². The van der Waals surface area contributed by atoms with Gasteiger partial charge in [0.2, 0.25) is 5.91 Å². The zero-order valence-corrected chi connectivity index (χ0v) is 10.7. The SMILES string of the molecule is O=C(CNc1cc(C(F)(F)F)ccn1)N1CCNCC1. The van der Waals surface area contributed by atoms with Gasteiger partial charge in [-0.15, -0.1) is 0 Å². The lowest BCUT2D eigenvalue weighted by molar-refractivity contribution is -0.137. The molecule has 1 fully saturated rings. The smallest absolute Gasteiger partial charge is 0.361 e. The summed E-state index contributed by atoms with van der Waals surface area (Å²) < 4.78 is 37.6. The normalized spacial score (nSPS) is 16.1. The van der Waals surface area contributed by atoms with Crippen molar-refractivity contribution < 1.29 is 18.0 Å². The Hall–Kier alpha value is -1.83. The number of carbonyl (C=O) groups is 1. The standard InChI is InChI=1S/C12H15F3N4O/c13-12(14,15)9-1-2-17-10(7-9)18-8-11(20)19-5-3-16-4-6-19/h1-2,7,16H,3-6,8H2,(H,17,18). The van der Waals surface area contributed by atoms with E-state index in [2.05, 4.69) is 15.6 Å². The number of hydrogen-bond acceptors (Lipinski definition) is 4. The molecule has 2 rings (SSSR count). The zero-order valence-electron chi connectivity index (χ0n) is 10.7. The fourth-order valence-corrected chi connectivity index (χ4v) is 1.90. The van der Waals surface area contributed by atoms with Gasteiger partial charge in [-0.05, 0) is 12.1 Å². The molecule has 0 atom stereocenters. The highest BCUT2D eigenvalue weighted by atomic mass is 19.4. The third-order valence-electron chi connectivity index (χ3n) is 2.98. The van der Waals surface area contributed by atoms with Crippen LogP contribution < -0.4 is 10.6 Å². The molecule has 1 aliphatic heterocycles. The Morgan fingerprint density at radius 1 is 1.40 bits per heavy atom. The minimum atomic E-state index is -4.41. The number of rotatable bonds is 3. The number of halogens is 3. The summed E-state index contributed by atoms with van der Waals surface area (Å²) in [4.78, 5) is 17.3. The minimum absolute atomic E-state index is 0.0447. The van der Waals surface area contributed by atoms with Crippen LogP contribution in [0.3, 0.4) is 0 Å². The van der Waals surface area contributed by atoms with Gasteiger partial charge in [-0.25, -0.2) is 4.98 Å². The highest BCUT2D eigenvalue weighted by Gasteiger charge is 2.30. The van der Waals surface area contributed by atoms with Crippen LogP contribution in [0.4, 0.5) is 19.0 Å². The number of piperazine rings is 1. The minimum Gasteiger partial charge on any atom is -0.361 e. The van der Waals surface area contributed by atoms with Crippen molar-refractivity contribution in [3.8, 4) is 0 Å². The molecule has 0 radical (unpaired) electrons. The molecule has 1 amide bonds. The van der Waals surface area contributed by atoms with E-state index in [0.29, 0.717) is 13.1 Å². The van der Waals surface area contributed by atoms with Crippen LogP contribution in [0.15, 0.2) is 18.3 Å². The summed E-state index contributed by atoms with van der Waals surface area (Å²) >= 11 is 0. The Morgan fingerprint density at radius 2 is 2.10 bits per heavy atom. The third kappa shape index (κ3) is 3.83. The van der Waals surface area contributed by atoms with Crippen molar-refractivity contribution in [1.82, 2.24) is 15.2 Å². The molecule has 1 aliphatic rings. The number of aromatic nitrogens is 1. The fourth-order valence-electron chi connectivity index (χ4n) is 1.90. The van der Waals surface area contributed by atoms with E-state index >= 15 is 0 Å². The molecule has 0 aromatic carbocycles. The van der Waals surface area contributed by atoms with Gasteiger partial charge < -0.3 is 15.5 Å². The number of hydrogen-bond donors (Lipinski definition) is 2. The molecular formula is C12H15F3N4O. The first-order valence-corrected chi connectivity index (χ1v) is 6.22. The first kappa shape index (κ1) is 14.6. The topological polar surface area (TPSA) is 57.3 Å². The number of nitrogens with one attached hydrogen (secondary N) is 2. The zero-order chi connectivity index (χ0) is 14.6. The molecule has 20 heavy (non-hydrogen) atoms. The largest absolute Gasteiger partial charge is 0.416 e. The van der Waals surface area contributed by atoms with Crippen molar-refractivity contribution in [2.24, 2.45) is 0 Å². The van der Waals surface area contributed by atoms with Gasteiger partial charge in [0.1, 0.15) is 5.82 Å². The molecule has 0 spiro atoms. The summed E-state index contributed by atoms with van der Waals surface area (Å²) in [6.07, 6.45) is -3.34. The maximum absolute atomic E-state index is 12.5. The van der Waals surface area contributed by atoms with Gasteiger partial charge in [0.15, 0.2) is 0 Å². The quantitative estimate of drug-likeness (QED) is 0.869. The molecule has 2 heterocycles. The third-order valence-corrected chi connectivity index (χ3v) is 2.98. The number of amides is 1. The van der Waals surface area contributed by atoms with Crippen LogP contribution in [0.5, 0.6) is 0 Å². The number of nitrogens with zero attached hydrogens (tertiary/aromatic N) is 2. The molecule has 0 saturated carbocycles. The van der Waals surface area contributed by atoms with Crippen LogP contribution in [-0.4, -0.2) is 48.5 Å². The van der Waals surface area contributed by atoms with Gasteiger partial charge in [-0.2, -0.15) is 13.2 Å². The summed E-state index contributed by atoms with van der Waals surface area (Å²) in [7, 11) is 0. The molecule has 110 valence electrons. The maximum Gasteiger partial charge on any atom is 0.416 e. The van der Waals surface area contributed by atoms with Crippen molar-refractivity contribution in [1.29, 1.82) is 0 Å². The lowest BCUT2D eigenvalue weighted by Crippen LogP contribution is -2.48. The molecule has 0 unspecified atom stereocenters. The van der Waals surface area contributed by atoms with E-state index < -0.39 is 11.7 Å². The average Bonchev–Trinajstić information content (AvgIpc) is 2.45. The van der Waals surface area contributed by atoms with E-state index in [0.717, 1.165) is 31.4 Å². The number of pyridine rings is 1. The van der Waals surface area contributed by atoms with Crippen molar-refractivity contribution in [2.45, 2.75) is 6.18 Å². The van der Waals surface area contributed by atoms with E-state index in [9.17, 15) is 18.0 Å². The van der Waals surface area contributed by atoms with Crippen LogP contribution in [0.2, 0.25) is 0 Å². The van der Waals surface area contributed by atoms with E-state index in [1.54, 1.807) is 4.90 Å². The monoisotopic (exact) mass is 288 g/mol. The van der Waals surface area contributed by atoms with Crippen LogP contribution in [0.1, 0.15) is 5.56 Å². The Labute approximate surface area is 114 Å². The van der Waals surface area contributed by atoms with Gasteiger partial charge >= 0.3 is 6.18 Å². The first-order chi connectivity index (χ1) is 9.47. The van der Waals surface area contributed by atoms with E-state index in [1.165, 1.54) is 0 Å². The first-order valence-electron chi connectivity index (χ1n) is 6.22. The predicted octanol–water partition coefficient (Wildman–Crippen LogP) is 0.944. The van der Waals surface area contributed by atoms with Crippen molar-refractivity contribution in [3.05, 3.63) is 23.9 Å². The summed E-state index contributed by atoms with van der Waals surface area (Å²) in [6, 6.07) is 1.79. The van der Waals surface area contributed by atoms with Crippen molar-refractivity contribution >= 4 is 11.7 Å². The highest BCUT2D eigenvalue weighted by Crippen LogP contribution is 2.29. The number of anilines is 1. The number of carbonyl (C=O) groups excluding carboxylic acids is 1. The molecular weight excluding hydrogens is 273 g/mol. The summed E-state index contributed by atoms with van der Waals surface area (Å²) in [6.45, 7) is 2.61. The van der Waals surface area contributed by atoms with Crippen molar-refractivity contribution in [3.63, 3.8) is 0 Å². The van der Waals surface area contributed by atoms with Gasteiger partial charge in [-0.1, -0.05) is 0 Å². The molecule has 5 nitrogen and oxygen atoms in total. The number of alkyl halides is 3. The molecule has 2 N–H and O–H groups in total. The molecule has 8 heteroatoms. The summed E-state index contributed by atoms with van der Waals surface area (Å²) in [5, 5.41) is 5.75. The summed E-state index contributed by atoms with van der Waals surface area (Å²) in [5.74, 6) is -0.103. The van der Waals surface area contributed by atoms with E-state index in [1.807, 2.05) is 0 Å². The fraction of sp³-hybridized carbons (Fsp3) is 0.500. The second-order valence-corrected chi connectivity index (χ2v) is 4.41. The molecule has 0 aliphatic carbocycles. The maximum atomic E-state index is 12.5. The molecule has 1 aromatic rings. The van der Waals surface area contributed by atoms with Crippen LogP contribution in [0.25, 0.3) is 0 Å². The summed E-state index contributed by atoms with van der Waals surface area (Å²) in [5.41, 5.74) is -0.787. The van der Waals surface area contributed by atoms with Crippen LogP contribution in [-0.2, 0) is 11.0 Å². The Bertz CT molecular complexity index is 472. The Balaban J connectivity index is 1.92. The van der Waals surface area contributed by atoms with Gasteiger partial charge in [-0.3, -0.25) is 4.79 Å². The van der Waals surface area contributed by atoms with Crippen molar-refractivity contribution in [2.75, 3.05) is 38.0 Å². The van der Waals surface area contributed by atoms with E-state index in [4.69, 9.17) is 0 Å².